The Labute approximate surface area is 115 Å². The Kier molecular flexibility index (Phi) is 7.25. The molecule has 1 N–H and O–H groups in total. The first-order valence-corrected chi connectivity index (χ1v) is 7.98. The molecule has 0 bridgehead atoms. The Bertz CT molecular complexity index is 213. The molecule has 0 saturated carbocycles. The van der Waals surface area contributed by atoms with Crippen LogP contribution >= 0.6 is 0 Å². The minimum atomic E-state index is 0.681. The molecule has 2 unspecified atom stereocenters. The molecule has 0 aromatic carbocycles. The summed E-state index contributed by atoms with van der Waals surface area (Å²) in [5, 5.41) is 3.70. The van der Waals surface area contributed by atoms with Gasteiger partial charge in [-0.1, -0.05) is 40.5 Å². The van der Waals surface area contributed by atoms with Crippen molar-refractivity contribution in [1.82, 2.24) is 10.2 Å². The molecule has 1 rings (SSSR count). The minimum Gasteiger partial charge on any atom is -0.312 e. The maximum absolute atomic E-state index is 3.70. The third kappa shape index (κ3) is 5.71. The van der Waals surface area contributed by atoms with E-state index in [9.17, 15) is 0 Å². The standard InChI is InChI=1S/C16H34N2/c1-13(2)8-6-9-15(5)18-11-7-10-17-16(12-18)14(3)4/h13-17H,6-12H2,1-5H3. The van der Waals surface area contributed by atoms with Crippen molar-refractivity contribution in [2.24, 2.45) is 11.8 Å². The Morgan fingerprint density at radius 2 is 1.83 bits per heavy atom. The second kappa shape index (κ2) is 8.16. The summed E-state index contributed by atoms with van der Waals surface area (Å²) in [6, 6.07) is 1.44. The van der Waals surface area contributed by atoms with Crippen molar-refractivity contribution in [3.63, 3.8) is 0 Å². The fourth-order valence-electron chi connectivity index (χ4n) is 2.83. The van der Waals surface area contributed by atoms with Crippen LogP contribution in [-0.4, -0.2) is 36.6 Å². The summed E-state index contributed by atoms with van der Waals surface area (Å²) in [6.45, 7) is 15.5. The van der Waals surface area contributed by atoms with Crippen LogP contribution in [-0.2, 0) is 0 Å². The molecule has 1 aliphatic rings. The van der Waals surface area contributed by atoms with Crippen molar-refractivity contribution in [2.45, 2.75) is 72.4 Å². The number of rotatable bonds is 6. The van der Waals surface area contributed by atoms with Crippen molar-refractivity contribution in [2.75, 3.05) is 19.6 Å². The first-order valence-electron chi connectivity index (χ1n) is 7.98. The first-order chi connectivity index (χ1) is 8.50. The number of hydrogen-bond donors (Lipinski definition) is 1. The summed E-state index contributed by atoms with van der Waals surface area (Å²) in [4.78, 5) is 2.71. The normalized spacial score (nSPS) is 24.5. The molecule has 1 fully saturated rings. The van der Waals surface area contributed by atoms with E-state index in [-0.39, 0.29) is 0 Å². The Morgan fingerprint density at radius 3 is 2.44 bits per heavy atom. The lowest BCUT2D eigenvalue weighted by molar-refractivity contribution is 0.180. The molecule has 1 heterocycles. The molecule has 108 valence electrons. The number of hydrogen-bond acceptors (Lipinski definition) is 2. The highest BCUT2D eigenvalue weighted by Crippen LogP contribution is 2.16. The summed E-state index contributed by atoms with van der Waals surface area (Å²) >= 11 is 0. The molecule has 2 heteroatoms. The van der Waals surface area contributed by atoms with Crippen LogP contribution in [0.15, 0.2) is 0 Å². The molecule has 2 atom stereocenters. The molecule has 2 nitrogen and oxygen atoms in total. The molecule has 1 aliphatic heterocycles. The highest BCUT2D eigenvalue weighted by Gasteiger charge is 2.23. The van der Waals surface area contributed by atoms with Crippen molar-refractivity contribution in [3.05, 3.63) is 0 Å². The van der Waals surface area contributed by atoms with Crippen molar-refractivity contribution < 1.29 is 0 Å². The molecule has 0 spiro atoms. The van der Waals surface area contributed by atoms with Crippen molar-refractivity contribution >= 4 is 0 Å². The van der Waals surface area contributed by atoms with E-state index in [0.29, 0.717) is 6.04 Å². The van der Waals surface area contributed by atoms with Crippen LogP contribution in [0.1, 0.15) is 60.3 Å². The van der Waals surface area contributed by atoms with E-state index in [1.165, 1.54) is 45.3 Å². The van der Waals surface area contributed by atoms with Gasteiger partial charge in [0, 0.05) is 18.6 Å². The molecular formula is C16H34N2. The largest absolute Gasteiger partial charge is 0.312 e. The third-order valence-electron chi connectivity index (χ3n) is 4.29. The van der Waals surface area contributed by atoms with E-state index in [0.717, 1.165) is 17.9 Å². The van der Waals surface area contributed by atoms with Gasteiger partial charge in [0.05, 0.1) is 0 Å². The first kappa shape index (κ1) is 16.0. The van der Waals surface area contributed by atoms with E-state index in [1.807, 2.05) is 0 Å². The van der Waals surface area contributed by atoms with Crippen molar-refractivity contribution in [3.8, 4) is 0 Å². The molecule has 18 heavy (non-hydrogen) atoms. The van der Waals surface area contributed by atoms with Crippen LogP contribution in [0.5, 0.6) is 0 Å². The Morgan fingerprint density at radius 1 is 1.11 bits per heavy atom. The second-order valence-corrected chi connectivity index (χ2v) is 6.83. The highest BCUT2D eigenvalue weighted by atomic mass is 15.2. The zero-order chi connectivity index (χ0) is 13.5. The van der Waals surface area contributed by atoms with E-state index in [1.54, 1.807) is 0 Å². The van der Waals surface area contributed by atoms with Gasteiger partial charge in [0.2, 0.25) is 0 Å². The molecule has 0 aromatic heterocycles. The van der Waals surface area contributed by atoms with E-state index < -0.39 is 0 Å². The molecule has 1 saturated heterocycles. The lowest BCUT2D eigenvalue weighted by Crippen LogP contribution is -2.44. The smallest absolute Gasteiger partial charge is 0.0218 e. The van der Waals surface area contributed by atoms with Gasteiger partial charge in [-0.05, 0) is 44.7 Å². The maximum atomic E-state index is 3.70. The predicted octanol–water partition coefficient (Wildman–Crippen LogP) is 3.52. The lowest BCUT2D eigenvalue weighted by atomic mass is 10.0. The topological polar surface area (TPSA) is 15.3 Å². The Balaban J connectivity index is 2.37. The van der Waals surface area contributed by atoms with E-state index in [4.69, 9.17) is 0 Å². The quantitative estimate of drug-likeness (QED) is 0.780. The summed E-state index contributed by atoms with van der Waals surface area (Å²) in [7, 11) is 0. The maximum Gasteiger partial charge on any atom is 0.0218 e. The fourth-order valence-corrected chi connectivity index (χ4v) is 2.83. The van der Waals surface area contributed by atoms with Crippen LogP contribution in [0.25, 0.3) is 0 Å². The highest BCUT2D eigenvalue weighted by molar-refractivity contribution is 4.81. The zero-order valence-corrected chi connectivity index (χ0v) is 13.2. The second-order valence-electron chi connectivity index (χ2n) is 6.83. The van der Waals surface area contributed by atoms with Crippen LogP contribution < -0.4 is 5.32 Å². The van der Waals surface area contributed by atoms with Crippen LogP contribution in [0, 0.1) is 11.8 Å². The van der Waals surface area contributed by atoms with Gasteiger partial charge in [-0.25, -0.2) is 0 Å². The third-order valence-corrected chi connectivity index (χ3v) is 4.29. The summed E-state index contributed by atoms with van der Waals surface area (Å²) < 4.78 is 0. The fraction of sp³-hybridized carbons (Fsp3) is 1.00. The van der Waals surface area contributed by atoms with Gasteiger partial charge in [-0.3, -0.25) is 4.90 Å². The molecule has 0 aromatic rings. The van der Waals surface area contributed by atoms with Gasteiger partial charge in [0.15, 0.2) is 0 Å². The average molecular weight is 254 g/mol. The van der Waals surface area contributed by atoms with E-state index >= 15 is 0 Å². The monoisotopic (exact) mass is 254 g/mol. The van der Waals surface area contributed by atoms with Crippen LogP contribution in [0.4, 0.5) is 0 Å². The van der Waals surface area contributed by atoms with Gasteiger partial charge in [0.1, 0.15) is 0 Å². The molecule has 0 aliphatic carbocycles. The summed E-state index contributed by atoms with van der Waals surface area (Å²) in [5.41, 5.74) is 0. The van der Waals surface area contributed by atoms with Crippen molar-refractivity contribution in [1.29, 1.82) is 0 Å². The molecule has 0 amide bonds. The molecular weight excluding hydrogens is 220 g/mol. The predicted molar refractivity (Wildman–Crippen MR) is 81.0 cm³/mol. The average Bonchev–Trinajstić information content (AvgIpc) is 2.53. The lowest BCUT2D eigenvalue weighted by Gasteiger charge is -2.31. The van der Waals surface area contributed by atoms with Gasteiger partial charge in [0.25, 0.3) is 0 Å². The Hall–Kier alpha value is -0.0800. The SMILES string of the molecule is CC(C)CCCC(C)N1CCCNC(C(C)C)C1. The van der Waals surface area contributed by atoms with Gasteiger partial charge < -0.3 is 5.32 Å². The van der Waals surface area contributed by atoms with Crippen LogP contribution in [0.2, 0.25) is 0 Å². The van der Waals surface area contributed by atoms with Crippen LogP contribution in [0.3, 0.4) is 0 Å². The minimum absolute atomic E-state index is 0.681. The summed E-state index contributed by atoms with van der Waals surface area (Å²) in [5.74, 6) is 1.60. The molecule has 0 radical (unpaired) electrons. The number of nitrogens with zero attached hydrogens (tertiary/aromatic N) is 1. The van der Waals surface area contributed by atoms with Gasteiger partial charge in [-0.2, -0.15) is 0 Å². The van der Waals surface area contributed by atoms with E-state index in [2.05, 4.69) is 44.8 Å². The summed E-state index contributed by atoms with van der Waals surface area (Å²) in [6.07, 6.45) is 5.43. The number of nitrogens with one attached hydrogen (secondary N) is 1. The van der Waals surface area contributed by atoms with Gasteiger partial charge in [-0.15, -0.1) is 0 Å². The van der Waals surface area contributed by atoms with Gasteiger partial charge >= 0.3 is 0 Å². The zero-order valence-electron chi connectivity index (χ0n) is 13.2.